The van der Waals surface area contributed by atoms with Crippen molar-refractivity contribution in [3.63, 3.8) is 0 Å². The minimum atomic E-state index is -0.833. The van der Waals surface area contributed by atoms with Crippen LogP contribution in [0.5, 0.6) is 0 Å². The van der Waals surface area contributed by atoms with Crippen LogP contribution in [-0.2, 0) is 30.9 Å². The Balaban J connectivity index is 0.000000310. The van der Waals surface area contributed by atoms with E-state index in [2.05, 4.69) is 0 Å². The first-order chi connectivity index (χ1) is 6.00. The van der Waals surface area contributed by atoms with E-state index in [0.717, 1.165) is 33.0 Å². The molecule has 67 valence electrons. The Morgan fingerprint density at radius 1 is 1.58 bits per heavy atom. The number of hydrogen-bond donors (Lipinski definition) is 1. The maximum atomic E-state index is 9.00. The molecule has 1 fully saturated rings. The van der Waals surface area contributed by atoms with Gasteiger partial charge in [0, 0.05) is 6.92 Å². The molecule has 0 unspecified atom stereocenters. The Labute approximate surface area is 92.1 Å². The normalized spacial score (nSPS) is 21.8. The number of carbonyl (C=O) groups is 1. The van der Waals surface area contributed by atoms with Crippen LogP contribution in [0.3, 0.4) is 0 Å². The van der Waals surface area contributed by atoms with Gasteiger partial charge in [0.2, 0.25) is 0 Å². The number of hydrogen-bond acceptors (Lipinski definition) is 1. The molecule has 0 aromatic rings. The van der Waals surface area contributed by atoms with E-state index in [9.17, 15) is 0 Å². The second kappa shape index (κ2) is 8.02. The van der Waals surface area contributed by atoms with Gasteiger partial charge in [-0.15, -0.1) is 0 Å². The topological polar surface area (TPSA) is 37.3 Å². The van der Waals surface area contributed by atoms with Gasteiger partial charge in [0.1, 0.15) is 0 Å². The molecule has 1 aliphatic carbocycles. The van der Waals surface area contributed by atoms with Crippen molar-refractivity contribution in [2.75, 3.05) is 0 Å². The van der Waals surface area contributed by atoms with Crippen molar-refractivity contribution < 1.29 is 37.4 Å². The molecule has 0 saturated heterocycles. The molecule has 0 atom stereocenters. The number of rotatable bonds is 1. The first kappa shape index (κ1) is 10.5. The van der Waals surface area contributed by atoms with Crippen LogP contribution in [0, 0.1) is 5.89 Å². The van der Waals surface area contributed by atoms with E-state index >= 15 is 0 Å². The van der Waals surface area contributed by atoms with Gasteiger partial charge in [0.15, 0.2) is 0 Å². The molecule has 1 rings (SSSR count). The maximum absolute atomic E-state index is 9.00. The Bertz CT molecular complexity index is 152. The van der Waals surface area contributed by atoms with E-state index in [0.29, 0.717) is 0 Å². The molecule has 0 heterocycles. The third-order valence-electron chi connectivity index (χ3n) is 1.91. The van der Waals surface area contributed by atoms with Crippen molar-refractivity contribution >= 4 is 5.97 Å². The molecule has 0 aliphatic heterocycles. The number of aliphatic carboxylic acids is 1. The molecule has 1 aliphatic rings. The van der Waals surface area contributed by atoms with Crippen LogP contribution >= 0.6 is 0 Å². The Morgan fingerprint density at radius 3 is 2.25 bits per heavy atom. The van der Waals surface area contributed by atoms with Crippen molar-refractivity contribution in [2.24, 2.45) is 5.89 Å². The summed E-state index contributed by atoms with van der Waals surface area (Å²) in [6.07, 6.45) is 6.41. The van der Waals surface area contributed by atoms with Crippen molar-refractivity contribution in [1.29, 1.82) is 0 Å². The van der Waals surface area contributed by atoms with Gasteiger partial charge < -0.3 is 5.11 Å². The summed E-state index contributed by atoms with van der Waals surface area (Å²) in [6, 6.07) is 0. The van der Waals surface area contributed by atoms with E-state index < -0.39 is 5.97 Å². The van der Waals surface area contributed by atoms with Gasteiger partial charge in [0.05, 0.1) is 0 Å². The summed E-state index contributed by atoms with van der Waals surface area (Å²) >= 11 is 0.849. The summed E-state index contributed by atoms with van der Waals surface area (Å²) in [5.74, 6) is -0.776. The van der Waals surface area contributed by atoms with E-state index in [4.69, 9.17) is 11.3 Å². The molecule has 3 heteroatoms. The zero-order chi connectivity index (χ0) is 10.3. The standard InChI is InChI=1S/C7H13.C2H4O2.Hg/c1-7-5-3-2-4-6-7;1-2(3)4;/h7H,1-6H2;1H3,(H,3,4);/i7D;;. The average Bonchev–Trinajstić information content (AvgIpc) is 2.05. The van der Waals surface area contributed by atoms with Crippen molar-refractivity contribution in [3.8, 4) is 0 Å². The fourth-order valence-electron chi connectivity index (χ4n) is 1.30. The quantitative estimate of drug-likeness (QED) is 0.732. The second-order valence-corrected chi connectivity index (χ2v) is 5.02. The van der Waals surface area contributed by atoms with Crippen molar-refractivity contribution in [2.45, 2.75) is 43.0 Å². The molecule has 0 aromatic carbocycles. The van der Waals surface area contributed by atoms with Crippen LogP contribution in [0.2, 0.25) is 3.93 Å². The van der Waals surface area contributed by atoms with Gasteiger partial charge in [0.25, 0.3) is 5.97 Å². The Kier molecular flexibility index (Phi) is 7.01. The summed E-state index contributed by atoms with van der Waals surface area (Å²) < 4.78 is 9.16. The molecule has 0 aromatic heterocycles. The summed E-state index contributed by atoms with van der Waals surface area (Å²) in [6.45, 7) is 1.08. The van der Waals surface area contributed by atoms with Crippen LogP contribution in [-0.4, -0.2) is 11.1 Å². The van der Waals surface area contributed by atoms with Gasteiger partial charge in [-0.3, -0.25) is 4.79 Å². The fraction of sp³-hybridized carbons (Fsp3) is 0.889. The summed E-state index contributed by atoms with van der Waals surface area (Å²) in [4.78, 5) is 9.00. The van der Waals surface area contributed by atoms with Crippen LogP contribution in [0.15, 0.2) is 0 Å². The third kappa shape index (κ3) is 8.50. The summed E-state index contributed by atoms with van der Waals surface area (Å²) in [5, 5.41) is 7.42. The molecule has 0 radical (unpaired) electrons. The first-order valence-electron chi connectivity index (χ1n) is 4.99. The fourth-order valence-corrected chi connectivity index (χ4v) is 3.25. The van der Waals surface area contributed by atoms with Crippen LogP contribution in [0.4, 0.5) is 0 Å². The average molecular weight is 359 g/mol. The molecule has 2 nitrogen and oxygen atoms in total. The first-order valence-corrected chi connectivity index (χ1v) is 8.38. The molecule has 0 spiro atoms. The van der Waals surface area contributed by atoms with Gasteiger partial charge in [-0.1, -0.05) is 0 Å². The Hall–Kier alpha value is 0.405. The minimum absolute atomic E-state index is 0.0569. The van der Waals surface area contributed by atoms with Crippen LogP contribution in [0.1, 0.15) is 40.4 Å². The predicted octanol–water partition coefficient (Wildman–Crippen LogP) is 2.62. The third-order valence-corrected chi connectivity index (χ3v) is 4.66. The molecule has 0 amide bonds. The number of carboxylic acids is 1. The van der Waals surface area contributed by atoms with E-state index in [-0.39, 0.29) is 5.89 Å². The second-order valence-electron chi connectivity index (χ2n) is 3.08. The molecule has 0 bridgehead atoms. The molecular formula is C9H17HgO2. The molecular weight excluding hydrogens is 341 g/mol. The predicted molar refractivity (Wildman–Crippen MR) is 44.7 cm³/mol. The van der Waals surface area contributed by atoms with Crippen molar-refractivity contribution in [1.82, 2.24) is 0 Å². The van der Waals surface area contributed by atoms with Crippen LogP contribution in [0.25, 0.3) is 0 Å². The van der Waals surface area contributed by atoms with Crippen LogP contribution < -0.4 is 0 Å². The monoisotopic (exact) mass is 360 g/mol. The zero-order valence-corrected chi connectivity index (χ0v) is 13.3. The van der Waals surface area contributed by atoms with E-state index in [1.54, 1.807) is 0 Å². The summed E-state index contributed by atoms with van der Waals surface area (Å²) in [5.41, 5.74) is 0. The Morgan fingerprint density at radius 2 is 2.00 bits per heavy atom. The van der Waals surface area contributed by atoms with E-state index in [1.807, 2.05) is 0 Å². The van der Waals surface area contributed by atoms with Gasteiger partial charge in [-0.25, -0.2) is 0 Å². The summed E-state index contributed by atoms with van der Waals surface area (Å²) in [7, 11) is 0. The van der Waals surface area contributed by atoms with Gasteiger partial charge in [-0.05, 0) is 0 Å². The SMILES string of the molecule is CC(=O)O.[2H]C1([CH2][Hg])CCCCC1. The molecule has 1 saturated carbocycles. The van der Waals surface area contributed by atoms with E-state index in [1.165, 1.54) is 36.0 Å². The zero-order valence-electron chi connectivity index (χ0n) is 8.81. The molecule has 1 N–H and O–H groups in total. The number of carboxylic acid groups (broad SMARTS) is 1. The van der Waals surface area contributed by atoms with Gasteiger partial charge >= 0.3 is 69.4 Å². The van der Waals surface area contributed by atoms with Crippen molar-refractivity contribution in [3.05, 3.63) is 0 Å². The van der Waals surface area contributed by atoms with Gasteiger partial charge in [-0.2, -0.15) is 0 Å². The molecule has 12 heavy (non-hydrogen) atoms.